The van der Waals surface area contributed by atoms with Gasteiger partial charge in [0.1, 0.15) is 6.17 Å². The first-order valence-corrected chi connectivity index (χ1v) is 6.17. The third-order valence-electron chi connectivity index (χ3n) is 2.87. The van der Waals surface area contributed by atoms with E-state index in [0.29, 0.717) is 5.56 Å². The lowest BCUT2D eigenvalue weighted by atomic mass is 10.1. The average molecular weight is 268 g/mol. The van der Waals surface area contributed by atoms with Gasteiger partial charge < -0.3 is 5.32 Å². The van der Waals surface area contributed by atoms with Crippen molar-refractivity contribution in [1.82, 2.24) is 10.3 Å². The van der Waals surface area contributed by atoms with Crippen LogP contribution in [-0.4, -0.2) is 17.3 Å². The molecule has 0 fully saturated rings. The van der Waals surface area contributed by atoms with Gasteiger partial charge >= 0.3 is 0 Å². The molecule has 1 unspecified atom stereocenters. The number of carbonyl (C=O) groups excluding carboxylic acids is 1. The Bertz CT molecular complexity index is 571. The number of amides is 1. The van der Waals surface area contributed by atoms with Crippen LogP contribution >= 0.6 is 0 Å². The second-order valence-electron chi connectivity index (χ2n) is 4.23. The van der Waals surface area contributed by atoms with E-state index in [1.54, 1.807) is 24.3 Å². The molecule has 0 saturated heterocycles. The lowest BCUT2D eigenvalue weighted by Crippen LogP contribution is -2.44. The Morgan fingerprint density at radius 3 is 2.20 bits per heavy atom. The van der Waals surface area contributed by atoms with Crippen LogP contribution in [0.25, 0.3) is 0 Å². The molecule has 0 spiro atoms. The summed E-state index contributed by atoms with van der Waals surface area (Å²) in [5.41, 5.74) is 1.36. The molecule has 0 aliphatic rings. The molecule has 5 heteroatoms. The zero-order valence-electron chi connectivity index (χ0n) is 10.9. The predicted octanol–water partition coefficient (Wildman–Crippen LogP) is 1.90. The molecule has 0 aliphatic carbocycles. The Kier molecular flexibility index (Phi) is 4.47. The van der Waals surface area contributed by atoms with Crippen molar-refractivity contribution in [2.45, 2.75) is 6.17 Å². The topological polar surface area (TPSA) is 82.2 Å². The largest absolute Gasteiger partial charge is 0.327 e. The number of hydrogen-bond donors (Lipinski definition) is 3. The minimum absolute atomic E-state index is 0.239. The second-order valence-corrected chi connectivity index (χ2v) is 4.23. The fraction of sp³-hybridized carbons (Fsp3) is 0.0667. The van der Waals surface area contributed by atoms with E-state index in [4.69, 9.17) is 11.3 Å². The number of hydrogen-bond acceptors (Lipinski definition) is 3. The van der Waals surface area contributed by atoms with Gasteiger partial charge in [-0.05, 0) is 17.7 Å². The van der Waals surface area contributed by atoms with Crippen LogP contribution in [0.5, 0.6) is 0 Å². The minimum Gasteiger partial charge on any atom is -0.327 e. The Hall–Kier alpha value is -2.66. The molecular weight excluding hydrogens is 252 g/mol. The number of hydrazine groups is 1. The van der Waals surface area contributed by atoms with E-state index in [0.717, 1.165) is 16.9 Å². The van der Waals surface area contributed by atoms with Gasteiger partial charge in [0.25, 0.3) is 5.91 Å². The third kappa shape index (κ3) is 3.21. The zero-order chi connectivity index (χ0) is 14.4. The van der Waals surface area contributed by atoms with Crippen LogP contribution in [0, 0.1) is 5.41 Å². The van der Waals surface area contributed by atoms with Crippen molar-refractivity contribution in [3.8, 4) is 0 Å². The van der Waals surface area contributed by atoms with E-state index in [1.165, 1.54) is 0 Å². The second kappa shape index (κ2) is 6.49. The van der Waals surface area contributed by atoms with E-state index < -0.39 is 6.17 Å². The first kappa shape index (κ1) is 13.8. The zero-order valence-corrected chi connectivity index (χ0v) is 10.9. The summed E-state index contributed by atoms with van der Waals surface area (Å²) < 4.78 is 0. The molecule has 20 heavy (non-hydrogen) atoms. The van der Waals surface area contributed by atoms with Gasteiger partial charge in [-0.1, -0.05) is 48.5 Å². The average Bonchev–Trinajstić information content (AvgIpc) is 2.53. The maximum Gasteiger partial charge on any atom is 0.253 e. The van der Waals surface area contributed by atoms with Gasteiger partial charge in [0.2, 0.25) is 0 Å². The number of nitrogens with two attached hydrogens (primary N) is 1. The van der Waals surface area contributed by atoms with E-state index in [9.17, 15) is 4.79 Å². The molecule has 2 aromatic rings. The molecule has 102 valence electrons. The van der Waals surface area contributed by atoms with Gasteiger partial charge in [0.15, 0.2) is 0 Å². The van der Waals surface area contributed by atoms with Crippen molar-refractivity contribution in [1.29, 1.82) is 5.41 Å². The summed E-state index contributed by atoms with van der Waals surface area (Å²) in [6.45, 7) is 0. The van der Waals surface area contributed by atoms with Gasteiger partial charge in [0, 0.05) is 5.56 Å². The highest BCUT2D eigenvalue weighted by Gasteiger charge is 2.18. The van der Waals surface area contributed by atoms with Crippen molar-refractivity contribution in [2.75, 3.05) is 0 Å². The monoisotopic (exact) mass is 268 g/mol. The van der Waals surface area contributed by atoms with Crippen molar-refractivity contribution >= 4 is 12.2 Å². The summed E-state index contributed by atoms with van der Waals surface area (Å²) in [6.07, 6.45) is 0.393. The molecule has 0 heterocycles. The van der Waals surface area contributed by atoms with Crippen LogP contribution in [0.4, 0.5) is 0 Å². The lowest BCUT2D eigenvalue weighted by Gasteiger charge is -2.26. The van der Waals surface area contributed by atoms with Crippen LogP contribution in [0.2, 0.25) is 0 Å². The van der Waals surface area contributed by atoms with Crippen LogP contribution in [-0.2, 0) is 0 Å². The Morgan fingerprint density at radius 1 is 1.10 bits per heavy atom. The SMILES string of the molecule is N=CN(N)C(NC(=O)c1ccccc1)c1ccccc1. The molecule has 0 saturated carbocycles. The van der Waals surface area contributed by atoms with Gasteiger partial charge in [-0.15, -0.1) is 0 Å². The standard InChI is InChI=1S/C15H16N4O/c16-11-19(17)14(12-7-3-1-4-8-12)18-15(20)13-9-5-2-6-10-13/h1-11,14,16H,17H2,(H,18,20). The highest BCUT2D eigenvalue weighted by molar-refractivity contribution is 5.94. The van der Waals surface area contributed by atoms with Crippen LogP contribution in [0.3, 0.4) is 0 Å². The van der Waals surface area contributed by atoms with Gasteiger partial charge in [-0.25, -0.2) is 5.84 Å². The summed E-state index contributed by atoms with van der Waals surface area (Å²) in [4.78, 5) is 12.2. The fourth-order valence-electron chi connectivity index (χ4n) is 1.84. The molecule has 2 aromatic carbocycles. The summed E-state index contributed by atoms with van der Waals surface area (Å²) in [6, 6.07) is 18.2. The normalized spacial score (nSPS) is 11.4. The van der Waals surface area contributed by atoms with Gasteiger partial charge in [0.05, 0.1) is 6.34 Å². The van der Waals surface area contributed by atoms with E-state index in [-0.39, 0.29) is 5.91 Å². The van der Waals surface area contributed by atoms with E-state index in [1.807, 2.05) is 36.4 Å². The van der Waals surface area contributed by atoms with Crippen molar-refractivity contribution < 1.29 is 4.79 Å². The van der Waals surface area contributed by atoms with Crippen LogP contribution in [0.15, 0.2) is 60.7 Å². The summed E-state index contributed by atoms with van der Waals surface area (Å²) in [5, 5.41) is 11.2. The molecule has 0 aromatic heterocycles. The molecule has 5 nitrogen and oxygen atoms in total. The molecule has 0 bridgehead atoms. The minimum atomic E-state index is -0.582. The van der Waals surface area contributed by atoms with Gasteiger partial charge in [-0.2, -0.15) is 0 Å². The predicted molar refractivity (Wildman–Crippen MR) is 77.9 cm³/mol. The number of nitrogens with one attached hydrogen (secondary N) is 2. The Balaban J connectivity index is 2.21. The molecule has 0 radical (unpaired) electrons. The molecule has 4 N–H and O–H groups in total. The molecular formula is C15H16N4O. The number of carbonyl (C=O) groups is 1. The van der Waals surface area contributed by atoms with Crippen molar-refractivity contribution in [3.05, 3.63) is 71.8 Å². The van der Waals surface area contributed by atoms with Crippen molar-refractivity contribution in [3.63, 3.8) is 0 Å². The Labute approximate surface area is 117 Å². The highest BCUT2D eigenvalue weighted by atomic mass is 16.1. The third-order valence-corrected chi connectivity index (χ3v) is 2.87. The summed E-state index contributed by atoms with van der Waals surface area (Å²) in [7, 11) is 0. The summed E-state index contributed by atoms with van der Waals surface area (Å²) in [5.74, 6) is 5.51. The maximum atomic E-state index is 12.2. The van der Waals surface area contributed by atoms with Crippen molar-refractivity contribution in [2.24, 2.45) is 5.84 Å². The number of rotatable bonds is 5. The van der Waals surface area contributed by atoms with Crippen LogP contribution in [0.1, 0.15) is 22.1 Å². The summed E-state index contributed by atoms with van der Waals surface area (Å²) >= 11 is 0. The lowest BCUT2D eigenvalue weighted by molar-refractivity contribution is 0.0900. The first-order chi connectivity index (χ1) is 9.72. The van der Waals surface area contributed by atoms with E-state index >= 15 is 0 Å². The molecule has 2 rings (SSSR count). The maximum absolute atomic E-state index is 12.2. The highest BCUT2D eigenvalue weighted by Crippen LogP contribution is 2.14. The molecule has 1 atom stereocenters. The quantitative estimate of drug-likeness (QED) is 0.255. The molecule has 0 aliphatic heterocycles. The first-order valence-electron chi connectivity index (χ1n) is 6.17. The van der Waals surface area contributed by atoms with E-state index in [2.05, 4.69) is 5.32 Å². The smallest absolute Gasteiger partial charge is 0.253 e. The van der Waals surface area contributed by atoms with Crippen LogP contribution < -0.4 is 11.2 Å². The van der Waals surface area contributed by atoms with Gasteiger partial charge in [-0.3, -0.25) is 15.2 Å². The fourth-order valence-corrected chi connectivity index (χ4v) is 1.84. The Morgan fingerprint density at radius 2 is 1.65 bits per heavy atom. The molecule has 1 amide bonds. The number of benzene rings is 2. The number of nitrogens with zero attached hydrogens (tertiary/aromatic N) is 1.